The molecule has 0 amide bonds. The lowest BCUT2D eigenvalue weighted by Gasteiger charge is -2.12. The maximum atomic E-state index is 5.75. The highest BCUT2D eigenvalue weighted by Gasteiger charge is 2.07. The fraction of sp³-hybridized carbons (Fsp3) is 0.438. The number of hydrogen-bond donors (Lipinski definition) is 1. The van der Waals surface area contributed by atoms with Crippen molar-refractivity contribution < 1.29 is 14.0 Å². The van der Waals surface area contributed by atoms with Crippen LogP contribution in [0.1, 0.15) is 25.2 Å². The fourth-order valence-corrected chi connectivity index (χ4v) is 1.91. The summed E-state index contributed by atoms with van der Waals surface area (Å²) in [5, 5.41) is 7.07. The highest BCUT2D eigenvalue weighted by atomic mass is 16.5. The van der Waals surface area contributed by atoms with E-state index in [-0.39, 0.29) is 0 Å². The molecule has 0 radical (unpaired) electrons. The third kappa shape index (κ3) is 4.79. The summed E-state index contributed by atoms with van der Waals surface area (Å²) < 4.78 is 16.1. The topological polar surface area (TPSA) is 56.5 Å². The van der Waals surface area contributed by atoms with E-state index in [4.69, 9.17) is 14.0 Å². The summed E-state index contributed by atoms with van der Waals surface area (Å²) in [6.07, 6.45) is 1.60. The van der Waals surface area contributed by atoms with Gasteiger partial charge in [-0.25, -0.2) is 0 Å². The molecule has 1 N–H and O–H groups in total. The first-order chi connectivity index (χ1) is 10.2. The number of rotatable bonds is 8. The molecule has 5 nitrogen and oxygen atoms in total. The summed E-state index contributed by atoms with van der Waals surface area (Å²) in [5.41, 5.74) is 1.16. The van der Waals surface area contributed by atoms with Crippen molar-refractivity contribution in [1.29, 1.82) is 0 Å². The van der Waals surface area contributed by atoms with Crippen molar-refractivity contribution in [2.75, 3.05) is 13.7 Å². The standard InChI is InChI=1S/C16H22N2O3/c1-12(2)9-17-10-13-4-5-15(19-3)16(8-13)20-11-14-6-7-18-21-14/h4-8,12,17H,9-11H2,1-3H3. The van der Waals surface area contributed by atoms with Crippen LogP contribution in [0.2, 0.25) is 0 Å². The van der Waals surface area contributed by atoms with E-state index in [1.54, 1.807) is 19.4 Å². The van der Waals surface area contributed by atoms with Gasteiger partial charge in [0.25, 0.3) is 0 Å². The van der Waals surface area contributed by atoms with Gasteiger partial charge in [-0.05, 0) is 30.2 Å². The maximum Gasteiger partial charge on any atom is 0.174 e. The van der Waals surface area contributed by atoms with Gasteiger partial charge >= 0.3 is 0 Å². The predicted molar refractivity (Wildman–Crippen MR) is 80.4 cm³/mol. The summed E-state index contributed by atoms with van der Waals surface area (Å²) in [6, 6.07) is 7.72. The number of methoxy groups -OCH3 is 1. The minimum atomic E-state index is 0.333. The Balaban J connectivity index is 1.99. The van der Waals surface area contributed by atoms with Crippen LogP contribution in [0, 0.1) is 5.92 Å². The van der Waals surface area contributed by atoms with Gasteiger partial charge in [-0.2, -0.15) is 0 Å². The summed E-state index contributed by atoms with van der Waals surface area (Å²) >= 11 is 0. The Hall–Kier alpha value is -2.01. The summed E-state index contributed by atoms with van der Waals surface area (Å²) in [7, 11) is 1.63. The quantitative estimate of drug-likeness (QED) is 0.810. The molecule has 0 aliphatic heterocycles. The second-order valence-electron chi connectivity index (χ2n) is 5.28. The molecular formula is C16H22N2O3. The largest absolute Gasteiger partial charge is 0.493 e. The van der Waals surface area contributed by atoms with Crippen LogP contribution in [0.4, 0.5) is 0 Å². The zero-order valence-corrected chi connectivity index (χ0v) is 12.8. The van der Waals surface area contributed by atoms with Gasteiger partial charge in [0.05, 0.1) is 13.3 Å². The van der Waals surface area contributed by atoms with Crippen LogP contribution in [0.3, 0.4) is 0 Å². The number of ether oxygens (including phenoxy) is 2. The van der Waals surface area contributed by atoms with Crippen LogP contribution >= 0.6 is 0 Å². The molecule has 2 rings (SSSR count). The van der Waals surface area contributed by atoms with Gasteiger partial charge in [-0.3, -0.25) is 0 Å². The highest BCUT2D eigenvalue weighted by molar-refractivity contribution is 5.43. The fourth-order valence-electron chi connectivity index (χ4n) is 1.91. The van der Waals surface area contributed by atoms with E-state index in [1.807, 2.05) is 18.2 Å². The van der Waals surface area contributed by atoms with Crippen molar-refractivity contribution in [3.8, 4) is 11.5 Å². The van der Waals surface area contributed by atoms with Gasteiger partial charge in [0.2, 0.25) is 0 Å². The number of hydrogen-bond acceptors (Lipinski definition) is 5. The molecule has 0 saturated heterocycles. The molecule has 0 atom stereocenters. The van der Waals surface area contributed by atoms with Crippen molar-refractivity contribution in [3.05, 3.63) is 41.8 Å². The third-order valence-corrected chi connectivity index (χ3v) is 2.97. The summed E-state index contributed by atoms with van der Waals surface area (Å²) in [6.45, 7) is 6.50. The highest BCUT2D eigenvalue weighted by Crippen LogP contribution is 2.28. The number of aromatic nitrogens is 1. The third-order valence-electron chi connectivity index (χ3n) is 2.97. The zero-order chi connectivity index (χ0) is 15.1. The van der Waals surface area contributed by atoms with Crippen LogP contribution in [-0.2, 0) is 13.2 Å². The lowest BCUT2D eigenvalue weighted by Crippen LogP contribution is -2.18. The van der Waals surface area contributed by atoms with Crippen molar-refractivity contribution in [2.24, 2.45) is 5.92 Å². The van der Waals surface area contributed by atoms with Crippen molar-refractivity contribution in [2.45, 2.75) is 27.0 Å². The van der Waals surface area contributed by atoms with Crippen molar-refractivity contribution in [1.82, 2.24) is 10.5 Å². The van der Waals surface area contributed by atoms with E-state index < -0.39 is 0 Å². The summed E-state index contributed by atoms with van der Waals surface area (Å²) in [4.78, 5) is 0. The minimum absolute atomic E-state index is 0.333. The van der Waals surface area contributed by atoms with Crippen LogP contribution < -0.4 is 14.8 Å². The second kappa shape index (κ2) is 7.69. The Bertz CT molecular complexity index is 538. The lowest BCUT2D eigenvalue weighted by atomic mass is 10.2. The van der Waals surface area contributed by atoms with E-state index >= 15 is 0 Å². The Morgan fingerprint density at radius 3 is 2.76 bits per heavy atom. The van der Waals surface area contributed by atoms with E-state index in [1.165, 1.54) is 0 Å². The summed E-state index contributed by atoms with van der Waals surface area (Å²) in [5.74, 6) is 2.73. The Labute approximate surface area is 125 Å². The monoisotopic (exact) mass is 290 g/mol. The van der Waals surface area contributed by atoms with Crippen LogP contribution in [0.15, 0.2) is 35.0 Å². The predicted octanol–water partition coefficient (Wildman–Crippen LogP) is 3.01. The SMILES string of the molecule is COc1ccc(CNCC(C)C)cc1OCc1ccno1. The average Bonchev–Trinajstić information content (AvgIpc) is 2.98. The van der Waals surface area contributed by atoms with E-state index in [9.17, 15) is 0 Å². The molecule has 1 aromatic carbocycles. The van der Waals surface area contributed by atoms with Crippen LogP contribution in [-0.4, -0.2) is 18.8 Å². The number of nitrogens with one attached hydrogen (secondary N) is 1. The lowest BCUT2D eigenvalue weighted by molar-refractivity contribution is 0.239. The Kier molecular flexibility index (Phi) is 5.63. The first-order valence-electron chi connectivity index (χ1n) is 7.09. The maximum absolute atomic E-state index is 5.75. The Morgan fingerprint density at radius 1 is 1.24 bits per heavy atom. The van der Waals surface area contributed by atoms with Crippen LogP contribution in [0.25, 0.3) is 0 Å². The second-order valence-corrected chi connectivity index (χ2v) is 5.28. The van der Waals surface area contributed by atoms with Gasteiger partial charge < -0.3 is 19.3 Å². The first kappa shape index (κ1) is 15.4. The van der Waals surface area contributed by atoms with Gasteiger partial charge in [0, 0.05) is 12.6 Å². The van der Waals surface area contributed by atoms with Gasteiger partial charge in [0.15, 0.2) is 17.3 Å². The van der Waals surface area contributed by atoms with Crippen LogP contribution in [0.5, 0.6) is 11.5 Å². The molecule has 0 saturated carbocycles. The van der Waals surface area contributed by atoms with Gasteiger partial charge in [-0.15, -0.1) is 0 Å². The van der Waals surface area contributed by atoms with Crippen molar-refractivity contribution in [3.63, 3.8) is 0 Å². The molecule has 0 spiro atoms. The molecule has 1 heterocycles. The van der Waals surface area contributed by atoms with E-state index in [0.29, 0.717) is 29.8 Å². The smallest absolute Gasteiger partial charge is 0.174 e. The molecule has 0 bridgehead atoms. The molecule has 0 fully saturated rings. The van der Waals surface area contributed by atoms with Gasteiger partial charge in [0.1, 0.15) is 6.61 Å². The molecule has 114 valence electrons. The minimum Gasteiger partial charge on any atom is -0.493 e. The molecule has 21 heavy (non-hydrogen) atoms. The molecule has 0 aliphatic carbocycles. The van der Waals surface area contributed by atoms with Crippen molar-refractivity contribution >= 4 is 0 Å². The van der Waals surface area contributed by atoms with E-state index in [2.05, 4.69) is 24.3 Å². The molecule has 1 aromatic heterocycles. The molecule has 0 unspecified atom stereocenters. The Morgan fingerprint density at radius 2 is 2.10 bits per heavy atom. The normalized spacial score (nSPS) is 10.9. The molecule has 0 aliphatic rings. The molecule has 5 heteroatoms. The zero-order valence-electron chi connectivity index (χ0n) is 12.8. The number of nitrogens with zero attached hydrogens (tertiary/aromatic N) is 1. The first-order valence-corrected chi connectivity index (χ1v) is 7.09. The molecular weight excluding hydrogens is 268 g/mol. The van der Waals surface area contributed by atoms with E-state index in [0.717, 1.165) is 18.7 Å². The molecule has 2 aromatic rings. The number of benzene rings is 1. The van der Waals surface area contributed by atoms with Gasteiger partial charge in [-0.1, -0.05) is 25.1 Å². The average molecular weight is 290 g/mol.